The lowest BCUT2D eigenvalue weighted by atomic mass is 10.4. The molecule has 0 saturated carbocycles. The molecule has 0 bridgehead atoms. The van der Waals surface area contributed by atoms with Crippen LogP contribution in [0.2, 0.25) is 0 Å². The van der Waals surface area contributed by atoms with Crippen molar-refractivity contribution in [3.8, 4) is 11.9 Å². The van der Waals surface area contributed by atoms with Gasteiger partial charge in [-0.25, -0.2) is 4.68 Å². The highest BCUT2D eigenvalue weighted by Crippen LogP contribution is 2.16. The van der Waals surface area contributed by atoms with Crippen molar-refractivity contribution in [3.63, 3.8) is 0 Å². The number of rotatable bonds is 4. The van der Waals surface area contributed by atoms with Gasteiger partial charge >= 0.3 is 0 Å². The fourth-order valence-corrected chi connectivity index (χ4v) is 2.23. The lowest BCUT2D eigenvalue weighted by molar-refractivity contribution is 0.765. The second-order valence-electron chi connectivity index (χ2n) is 3.83. The summed E-state index contributed by atoms with van der Waals surface area (Å²) >= 11 is 1.53. The van der Waals surface area contributed by atoms with Gasteiger partial charge in [0.25, 0.3) is 0 Å². The van der Waals surface area contributed by atoms with Gasteiger partial charge in [0.1, 0.15) is 5.03 Å². The molecule has 2 heterocycles. The fourth-order valence-electron chi connectivity index (χ4n) is 1.57. The van der Waals surface area contributed by atoms with Crippen molar-refractivity contribution in [2.24, 2.45) is 0 Å². The average Bonchev–Trinajstić information content (AvgIpc) is 2.70. The summed E-state index contributed by atoms with van der Waals surface area (Å²) in [7, 11) is 0. The maximum Gasteiger partial charge on any atom is 0.175 e. The first-order valence-corrected chi connectivity index (χ1v) is 6.56. The number of nitrogens with zero attached hydrogens (tertiary/aromatic N) is 5. The second kappa shape index (κ2) is 5.65. The minimum Gasteiger partial charge on any atom is -0.218 e. The van der Waals surface area contributed by atoms with Crippen molar-refractivity contribution in [3.05, 3.63) is 29.6 Å². The van der Waals surface area contributed by atoms with Crippen LogP contribution in [-0.4, -0.2) is 25.7 Å². The summed E-state index contributed by atoms with van der Waals surface area (Å²) in [4.78, 5) is 0. The summed E-state index contributed by atoms with van der Waals surface area (Å²) < 4.78 is 1.77. The molecule has 0 amide bonds. The molecule has 0 saturated heterocycles. The minimum atomic E-state index is 0.519. The standard InChI is InChI=1S/C12H13N5S/c1-9-8-10(2)17(16-9)11-4-5-12(15-14-11)18-7-3-6-13/h4-5,8H,3,7H2,1-2H3. The topological polar surface area (TPSA) is 67.4 Å². The average molecular weight is 259 g/mol. The smallest absolute Gasteiger partial charge is 0.175 e. The van der Waals surface area contributed by atoms with Gasteiger partial charge in [0.15, 0.2) is 5.82 Å². The molecule has 6 heteroatoms. The Morgan fingerprint density at radius 1 is 1.33 bits per heavy atom. The van der Waals surface area contributed by atoms with E-state index in [1.54, 1.807) is 4.68 Å². The van der Waals surface area contributed by atoms with E-state index >= 15 is 0 Å². The number of hydrogen-bond acceptors (Lipinski definition) is 5. The highest BCUT2D eigenvalue weighted by atomic mass is 32.2. The van der Waals surface area contributed by atoms with Crippen LogP contribution < -0.4 is 0 Å². The zero-order valence-electron chi connectivity index (χ0n) is 10.3. The first kappa shape index (κ1) is 12.6. The third kappa shape index (κ3) is 2.87. The Balaban J connectivity index is 2.13. The van der Waals surface area contributed by atoms with E-state index in [-0.39, 0.29) is 0 Å². The summed E-state index contributed by atoms with van der Waals surface area (Å²) in [5.41, 5.74) is 1.99. The molecule has 0 aromatic carbocycles. The van der Waals surface area contributed by atoms with Crippen molar-refractivity contribution < 1.29 is 0 Å². The number of nitriles is 1. The van der Waals surface area contributed by atoms with Crippen LogP contribution in [0.25, 0.3) is 5.82 Å². The van der Waals surface area contributed by atoms with Crippen LogP contribution in [0.5, 0.6) is 0 Å². The Hall–Kier alpha value is -1.87. The molecule has 0 aliphatic carbocycles. The molecular formula is C12H13N5S. The van der Waals surface area contributed by atoms with Gasteiger partial charge in [-0.15, -0.1) is 22.0 Å². The van der Waals surface area contributed by atoms with Crippen molar-refractivity contribution in [1.29, 1.82) is 5.26 Å². The molecule has 0 aliphatic heterocycles. The van der Waals surface area contributed by atoms with Crippen LogP contribution in [0, 0.1) is 25.2 Å². The predicted molar refractivity (Wildman–Crippen MR) is 69.6 cm³/mol. The molecule has 0 fully saturated rings. The lowest BCUT2D eigenvalue weighted by Crippen LogP contribution is -2.03. The molecule has 0 atom stereocenters. The maximum atomic E-state index is 8.46. The molecule has 0 N–H and O–H groups in total. The molecule has 2 aromatic heterocycles. The molecule has 5 nitrogen and oxygen atoms in total. The molecule has 0 unspecified atom stereocenters. The summed E-state index contributed by atoms with van der Waals surface area (Å²) in [5.74, 6) is 1.45. The number of aromatic nitrogens is 4. The maximum absolute atomic E-state index is 8.46. The molecular weight excluding hydrogens is 246 g/mol. The van der Waals surface area contributed by atoms with Gasteiger partial charge in [-0.2, -0.15) is 10.4 Å². The summed E-state index contributed by atoms with van der Waals surface area (Å²) in [5, 5.41) is 21.9. The van der Waals surface area contributed by atoms with Crippen LogP contribution in [0.3, 0.4) is 0 Å². The van der Waals surface area contributed by atoms with E-state index < -0.39 is 0 Å². The predicted octanol–water partition coefficient (Wildman–Crippen LogP) is 2.28. The van der Waals surface area contributed by atoms with Gasteiger partial charge in [-0.3, -0.25) is 0 Å². The largest absolute Gasteiger partial charge is 0.218 e. The van der Waals surface area contributed by atoms with Crippen molar-refractivity contribution in [2.45, 2.75) is 25.3 Å². The third-order valence-corrected chi connectivity index (χ3v) is 3.24. The highest BCUT2D eigenvalue weighted by Gasteiger charge is 2.05. The molecule has 0 aliphatic rings. The monoisotopic (exact) mass is 259 g/mol. The van der Waals surface area contributed by atoms with Gasteiger partial charge in [-0.1, -0.05) is 0 Å². The SMILES string of the molecule is Cc1cc(C)n(-c2ccc(SCCC#N)nn2)n1. The van der Waals surface area contributed by atoms with E-state index in [1.165, 1.54) is 11.8 Å². The number of hydrogen-bond donors (Lipinski definition) is 0. The first-order chi connectivity index (χ1) is 8.70. The summed E-state index contributed by atoms with van der Waals surface area (Å²) in [6, 6.07) is 7.89. The van der Waals surface area contributed by atoms with E-state index in [9.17, 15) is 0 Å². The highest BCUT2D eigenvalue weighted by molar-refractivity contribution is 7.99. The van der Waals surface area contributed by atoms with E-state index in [0.717, 1.165) is 22.2 Å². The molecule has 2 aromatic rings. The van der Waals surface area contributed by atoms with Crippen molar-refractivity contribution in [2.75, 3.05) is 5.75 Å². The Labute approximate surface area is 110 Å². The molecule has 92 valence electrons. The molecule has 0 radical (unpaired) electrons. The number of aryl methyl sites for hydroxylation is 2. The van der Waals surface area contributed by atoms with Gasteiger partial charge in [-0.05, 0) is 32.0 Å². The van der Waals surface area contributed by atoms with Gasteiger partial charge in [0, 0.05) is 17.9 Å². The zero-order chi connectivity index (χ0) is 13.0. The minimum absolute atomic E-state index is 0.519. The van der Waals surface area contributed by atoms with E-state index in [1.807, 2.05) is 32.0 Å². The van der Waals surface area contributed by atoms with Crippen LogP contribution in [0.1, 0.15) is 17.8 Å². The van der Waals surface area contributed by atoms with Crippen LogP contribution >= 0.6 is 11.8 Å². The van der Waals surface area contributed by atoms with Crippen molar-refractivity contribution >= 4 is 11.8 Å². The lowest BCUT2D eigenvalue weighted by Gasteiger charge is -2.03. The van der Waals surface area contributed by atoms with Gasteiger partial charge in [0.2, 0.25) is 0 Å². The Kier molecular flexibility index (Phi) is 3.95. The van der Waals surface area contributed by atoms with Gasteiger partial charge in [0.05, 0.1) is 11.8 Å². The normalized spacial score (nSPS) is 10.3. The zero-order valence-corrected chi connectivity index (χ0v) is 11.1. The molecule has 18 heavy (non-hydrogen) atoms. The fraction of sp³-hybridized carbons (Fsp3) is 0.333. The Morgan fingerprint density at radius 2 is 2.17 bits per heavy atom. The summed E-state index contributed by atoms with van der Waals surface area (Å²) in [6.07, 6.45) is 0.519. The summed E-state index contributed by atoms with van der Waals surface area (Å²) in [6.45, 7) is 3.93. The third-order valence-electron chi connectivity index (χ3n) is 2.32. The van der Waals surface area contributed by atoms with Crippen molar-refractivity contribution in [1.82, 2.24) is 20.0 Å². The Morgan fingerprint density at radius 3 is 2.72 bits per heavy atom. The Bertz CT molecular complexity index is 567. The van der Waals surface area contributed by atoms with Crippen LogP contribution in [0.15, 0.2) is 23.2 Å². The van der Waals surface area contributed by atoms with E-state index in [0.29, 0.717) is 12.2 Å². The quantitative estimate of drug-likeness (QED) is 0.622. The molecule has 2 rings (SSSR count). The first-order valence-electron chi connectivity index (χ1n) is 5.58. The second-order valence-corrected chi connectivity index (χ2v) is 4.94. The number of thioether (sulfide) groups is 1. The molecule has 0 spiro atoms. The van der Waals surface area contributed by atoms with E-state index in [2.05, 4.69) is 21.4 Å². The van der Waals surface area contributed by atoms with Crippen LogP contribution in [-0.2, 0) is 0 Å². The van der Waals surface area contributed by atoms with E-state index in [4.69, 9.17) is 5.26 Å². The van der Waals surface area contributed by atoms with Gasteiger partial charge < -0.3 is 0 Å². The van der Waals surface area contributed by atoms with Crippen LogP contribution in [0.4, 0.5) is 0 Å².